The van der Waals surface area contributed by atoms with Crippen LogP contribution in [0, 0.1) is 23.2 Å². The molecule has 0 amide bonds. The molecule has 0 aromatic carbocycles. The topological polar surface area (TPSA) is 46.5 Å². The van der Waals surface area contributed by atoms with Crippen molar-refractivity contribution in [1.29, 1.82) is 0 Å². The molecule has 0 aliphatic heterocycles. The lowest BCUT2D eigenvalue weighted by Gasteiger charge is -2.39. The minimum atomic E-state index is -0.647. The third-order valence-corrected chi connectivity index (χ3v) is 6.50. The molecule has 3 nitrogen and oxygen atoms in total. The first-order valence-corrected chi connectivity index (χ1v) is 11.5. The average Bonchev–Trinajstić information content (AvgIpc) is 2.69. The Kier molecular flexibility index (Phi) is 11.6. The number of carbonyl (C=O) groups is 1. The number of allylic oxidation sites excluding steroid dienone is 1. The van der Waals surface area contributed by atoms with Crippen molar-refractivity contribution < 1.29 is 14.6 Å². The summed E-state index contributed by atoms with van der Waals surface area (Å²) in [5.74, 6) is 0.707. The van der Waals surface area contributed by atoms with E-state index in [0.717, 1.165) is 24.3 Å². The Bertz CT molecular complexity index is 545. The molecule has 3 heteroatoms. The summed E-state index contributed by atoms with van der Waals surface area (Å²) in [7, 11) is 0. The second kappa shape index (κ2) is 13.1. The molecule has 0 saturated heterocycles. The van der Waals surface area contributed by atoms with E-state index in [4.69, 9.17) is 4.74 Å². The number of ether oxygens (including phenoxy) is 1. The smallest absolute Gasteiger partial charge is 0.305 e. The highest BCUT2D eigenvalue weighted by Crippen LogP contribution is 2.39. The lowest BCUT2D eigenvalue weighted by atomic mass is 9.67. The molecule has 1 aliphatic carbocycles. The first-order valence-electron chi connectivity index (χ1n) is 11.5. The van der Waals surface area contributed by atoms with Crippen LogP contribution in [0.15, 0.2) is 30.5 Å². The third-order valence-electron chi connectivity index (χ3n) is 6.50. The first kappa shape index (κ1) is 25.7. The zero-order chi connectivity index (χ0) is 21.9. The van der Waals surface area contributed by atoms with Crippen LogP contribution in [0.2, 0.25) is 0 Å². The minimum absolute atomic E-state index is 0.0205. The van der Waals surface area contributed by atoms with E-state index in [-0.39, 0.29) is 23.2 Å². The van der Waals surface area contributed by atoms with Gasteiger partial charge in [0.05, 0.1) is 12.7 Å². The summed E-state index contributed by atoms with van der Waals surface area (Å²) in [6.45, 7) is 16.3. The number of carbonyl (C=O) groups excluding carboxylic acids is 1. The fraction of sp³-hybridized carbons (Fsp3) is 0.769. The van der Waals surface area contributed by atoms with Crippen LogP contribution in [0.3, 0.4) is 0 Å². The van der Waals surface area contributed by atoms with Crippen LogP contribution in [0.4, 0.5) is 0 Å². The van der Waals surface area contributed by atoms with Gasteiger partial charge in [-0.05, 0) is 49.0 Å². The molecule has 1 fully saturated rings. The monoisotopic (exact) mass is 404 g/mol. The zero-order valence-corrected chi connectivity index (χ0v) is 19.3. The molecule has 29 heavy (non-hydrogen) atoms. The highest BCUT2D eigenvalue weighted by molar-refractivity contribution is 5.69. The molecule has 1 rings (SSSR count). The fourth-order valence-electron chi connectivity index (χ4n) is 4.72. The number of unbranched alkanes of at least 4 members (excludes halogenated alkanes) is 1. The van der Waals surface area contributed by atoms with E-state index in [9.17, 15) is 9.90 Å². The quantitative estimate of drug-likeness (QED) is 0.172. The van der Waals surface area contributed by atoms with Crippen LogP contribution in [-0.4, -0.2) is 23.8 Å². The lowest BCUT2D eigenvalue weighted by molar-refractivity contribution is -0.144. The summed E-state index contributed by atoms with van der Waals surface area (Å²) in [6, 6.07) is 0. The van der Waals surface area contributed by atoms with Crippen LogP contribution in [0.5, 0.6) is 0 Å². The SMILES string of the molecule is C=C=C(C)C(O)C(C(C=C)CCC(=O)OCCCCC1CCCCC1)C(C)(C)C. The zero-order valence-electron chi connectivity index (χ0n) is 19.3. The van der Waals surface area contributed by atoms with Gasteiger partial charge >= 0.3 is 5.97 Å². The fourth-order valence-corrected chi connectivity index (χ4v) is 4.72. The summed E-state index contributed by atoms with van der Waals surface area (Å²) >= 11 is 0. The molecular formula is C26H44O3. The maximum atomic E-state index is 12.2. The summed E-state index contributed by atoms with van der Waals surface area (Å²) in [6.07, 6.45) is 12.5. The molecule has 1 saturated carbocycles. The van der Waals surface area contributed by atoms with E-state index in [2.05, 4.69) is 39.7 Å². The predicted molar refractivity (Wildman–Crippen MR) is 122 cm³/mol. The van der Waals surface area contributed by atoms with Crippen molar-refractivity contribution in [3.05, 3.63) is 30.5 Å². The Balaban J connectivity index is 2.41. The minimum Gasteiger partial charge on any atom is -0.466 e. The van der Waals surface area contributed by atoms with Crippen LogP contribution in [0.1, 0.15) is 91.9 Å². The Morgan fingerprint density at radius 3 is 2.45 bits per heavy atom. The number of hydrogen-bond acceptors (Lipinski definition) is 3. The molecule has 3 unspecified atom stereocenters. The van der Waals surface area contributed by atoms with E-state index >= 15 is 0 Å². The van der Waals surface area contributed by atoms with Gasteiger partial charge in [0.1, 0.15) is 0 Å². The molecule has 0 spiro atoms. The summed E-state index contributed by atoms with van der Waals surface area (Å²) in [4.78, 5) is 12.2. The van der Waals surface area contributed by atoms with Crippen molar-refractivity contribution in [2.45, 2.75) is 98.0 Å². The number of hydrogen-bond donors (Lipinski definition) is 1. The average molecular weight is 405 g/mol. The van der Waals surface area contributed by atoms with Gasteiger partial charge in [-0.2, -0.15) is 0 Å². The standard InChI is InChI=1S/C26H44O3/c1-7-20(3)25(28)24(26(4,5)6)22(8-2)17-18-23(27)29-19-13-12-16-21-14-10-9-11-15-21/h8,21-22,24-25,28H,1-2,9-19H2,3-6H3. The molecule has 0 bridgehead atoms. The lowest BCUT2D eigenvalue weighted by Crippen LogP contribution is -2.38. The first-order chi connectivity index (χ1) is 13.7. The van der Waals surface area contributed by atoms with Gasteiger partial charge in [0.15, 0.2) is 0 Å². The van der Waals surface area contributed by atoms with E-state index in [1.165, 1.54) is 38.5 Å². The van der Waals surface area contributed by atoms with Crippen molar-refractivity contribution in [2.75, 3.05) is 6.61 Å². The Morgan fingerprint density at radius 1 is 1.24 bits per heavy atom. The van der Waals surface area contributed by atoms with Crippen molar-refractivity contribution >= 4 is 5.97 Å². The predicted octanol–water partition coefficient (Wildman–Crippen LogP) is 6.62. The van der Waals surface area contributed by atoms with Gasteiger partial charge < -0.3 is 9.84 Å². The summed E-state index contributed by atoms with van der Waals surface area (Å²) < 4.78 is 5.46. The molecule has 1 aliphatic rings. The van der Waals surface area contributed by atoms with Crippen LogP contribution in [-0.2, 0) is 9.53 Å². The van der Waals surface area contributed by atoms with Crippen LogP contribution < -0.4 is 0 Å². The van der Waals surface area contributed by atoms with E-state index in [0.29, 0.717) is 19.4 Å². The highest BCUT2D eigenvalue weighted by Gasteiger charge is 2.37. The van der Waals surface area contributed by atoms with Gasteiger partial charge in [0, 0.05) is 12.3 Å². The third kappa shape index (κ3) is 9.36. The van der Waals surface area contributed by atoms with Gasteiger partial charge in [-0.15, -0.1) is 12.3 Å². The largest absolute Gasteiger partial charge is 0.466 e. The number of aliphatic hydroxyl groups is 1. The summed E-state index contributed by atoms with van der Waals surface area (Å²) in [5.41, 5.74) is 3.41. The maximum absolute atomic E-state index is 12.2. The molecule has 166 valence electrons. The number of rotatable bonds is 12. The molecule has 0 aromatic rings. The highest BCUT2D eigenvalue weighted by atomic mass is 16.5. The van der Waals surface area contributed by atoms with E-state index in [1.54, 1.807) is 0 Å². The number of esters is 1. The van der Waals surface area contributed by atoms with E-state index < -0.39 is 6.10 Å². The molecule has 0 aromatic heterocycles. The Hall–Kier alpha value is -1.31. The Morgan fingerprint density at radius 2 is 1.90 bits per heavy atom. The van der Waals surface area contributed by atoms with Crippen molar-refractivity contribution in [2.24, 2.45) is 23.2 Å². The van der Waals surface area contributed by atoms with Gasteiger partial charge in [-0.25, -0.2) is 0 Å². The summed E-state index contributed by atoms with van der Waals surface area (Å²) in [5, 5.41) is 10.8. The van der Waals surface area contributed by atoms with Crippen molar-refractivity contribution in [3.8, 4) is 0 Å². The molecule has 1 N–H and O–H groups in total. The van der Waals surface area contributed by atoms with Crippen molar-refractivity contribution in [3.63, 3.8) is 0 Å². The normalized spacial score (nSPS) is 18.4. The second-order valence-electron chi connectivity index (χ2n) is 9.85. The molecular weight excluding hydrogens is 360 g/mol. The van der Waals surface area contributed by atoms with Crippen LogP contribution >= 0.6 is 0 Å². The molecule has 3 atom stereocenters. The Labute approximate surface area is 179 Å². The second-order valence-corrected chi connectivity index (χ2v) is 9.85. The maximum Gasteiger partial charge on any atom is 0.305 e. The van der Waals surface area contributed by atoms with Gasteiger partial charge in [-0.1, -0.05) is 72.0 Å². The molecule has 0 radical (unpaired) electrons. The number of aliphatic hydroxyl groups excluding tert-OH is 1. The van der Waals surface area contributed by atoms with E-state index in [1.807, 2.05) is 13.0 Å². The molecule has 0 heterocycles. The van der Waals surface area contributed by atoms with Gasteiger partial charge in [0.25, 0.3) is 0 Å². The van der Waals surface area contributed by atoms with Gasteiger partial charge in [0.2, 0.25) is 0 Å². The van der Waals surface area contributed by atoms with Gasteiger partial charge in [-0.3, -0.25) is 4.79 Å². The van der Waals surface area contributed by atoms with Crippen molar-refractivity contribution in [1.82, 2.24) is 0 Å². The van der Waals surface area contributed by atoms with Crippen LogP contribution in [0.25, 0.3) is 0 Å².